The summed E-state index contributed by atoms with van der Waals surface area (Å²) in [4.78, 5) is 38.2. The Morgan fingerprint density at radius 1 is 0.253 bits per heavy atom. The van der Waals surface area contributed by atoms with E-state index in [2.05, 4.69) is 81.5 Å². The molecule has 0 aliphatic heterocycles. The van der Waals surface area contributed by atoms with Crippen LogP contribution in [0.1, 0.15) is 393 Å². The molecular formula is C77H140O6. The van der Waals surface area contributed by atoms with Gasteiger partial charge in [-0.15, -0.1) is 0 Å². The maximum absolute atomic E-state index is 12.9. The van der Waals surface area contributed by atoms with Gasteiger partial charge in [-0.05, 0) is 83.5 Å². The van der Waals surface area contributed by atoms with Gasteiger partial charge >= 0.3 is 17.9 Å². The fourth-order valence-electron chi connectivity index (χ4n) is 11.0. The summed E-state index contributed by atoms with van der Waals surface area (Å²) in [5, 5.41) is 0. The number of carbonyl (C=O) groups excluding carboxylic acids is 3. The van der Waals surface area contributed by atoms with E-state index in [1.165, 1.54) is 270 Å². The van der Waals surface area contributed by atoms with Crippen molar-refractivity contribution >= 4 is 17.9 Å². The monoisotopic (exact) mass is 1160 g/mol. The van der Waals surface area contributed by atoms with Crippen molar-refractivity contribution in [1.82, 2.24) is 0 Å². The second kappa shape index (κ2) is 71.6. The predicted molar refractivity (Wildman–Crippen MR) is 362 cm³/mol. The minimum absolute atomic E-state index is 0.0698. The van der Waals surface area contributed by atoms with E-state index in [-0.39, 0.29) is 31.1 Å². The largest absolute Gasteiger partial charge is 0.462 e. The van der Waals surface area contributed by atoms with Crippen molar-refractivity contribution in [3.63, 3.8) is 0 Å². The molecule has 0 aromatic heterocycles. The first-order chi connectivity index (χ1) is 41.0. The standard InChI is InChI=1S/C77H140O6/c1-4-7-10-13-16-18-20-22-24-26-28-30-32-34-35-36-37-38-39-40-41-43-44-46-48-50-52-54-56-58-61-64-67-70-76(79)82-73-74(72-81-75(78)69-66-63-60-15-12-9-6-3)83-77(80)71-68-65-62-59-57-55-53-51-49-47-45-42-33-31-29-27-25-23-21-19-17-14-11-8-5-2/h8,11,17,19,23,25-26,28-29,31,74H,4-7,9-10,12-16,18,20-22,24,27,30,32-73H2,1-3H3/b11-8-,19-17-,25-23-,28-26-,31-29-. The smallest absolute Gasteiger partial charge is 0.306 e. The molecule has 0 spiro atoms. The van der Waals surface area contributed by atoms with Crippen LogP contribution in [0, 0.1) is 0 Å². The molecule has 0 aromatic rings. The number of ether oxygens (including phenoxy) is 3. The third kappa shape index (κ3) is 69.8. The summed E-state index contributed by atoms with van der Waals surface area (Å²) in [6.07, 6.45) is 93.0. The lowest BCUT2D eigenvalue weighted by molar-refractivity contribution is -0.167. The lowest BCUT2D eigenvalue weighted by Gasteiger charge is -2.18. The lowest BCUT2D eigenvalue weighted by atomic mass is 10.0. The molecule has 0 aliphatic carbocycles. The molecule has 484 valence electrons. The predicted octanol–water partition coefficient (Wildman–Crippen LogP) is 25.5. The number of rotatable bonds is 68. The van der Waals surface area contributed by atoms with Crippen molar-refractivity contribution in [2.75, 3.05) is 13.2 Å². The fourth-order valence-corrected chi connectivity index (χ4v) is 11.0. The Balaban J connectivity index is 3.98. The molecule has 0 aromatic carbocycles. The molecule has 1 atom stereocenters. The second-order valence-corrected chi connectivity index (χ2v) is 24.8. The number of unbranched alkanes of at least 4 members (excludes halogenated alkanes) is 47. The summed E-state index contributed by atoms with van der Waals surface area (Å²) >= 11 is 0. The topological polar surface area (TPSA) is 78.9 Å². The van der Waals surface area contributed by atoms with Gasteiger partial charge in [-0.2, -0.15) is 0 Å². The van der Waals surface area contributed by atoms with Crippen LogP contribution < -0.4 is 0 Å². The highest BCUT2D eigenvalue weighted by molar-refractivity contribution is 5.71. The van der Waals surface area contributed by atoms with Crippen LogP contribution in [0.5, 0.6) is 0 Å². The Labute approximate surface area is 517 Å². The molecule has 0 N–H and O–H groups in total. The molecule has 0 amide bonds. The van der Waals surface area contributed by atoms with Crippen LogP contribution in [-0.2, 0) is 28.6 Å². The van der Waals surface area contributed by atoms with E-state index in [1.54, 1.807) is 0 Å². The third-order valence-corrected chi connectivity index (χ3v) is 16.5. The van der Waals surface area contributed by atoms with Crippen LogP contribution in [0.15, 0.2) is 60.8 Å². The molecule has 83 heavy (non-hydrogen) atoms. The Hall–Kier alpha value is -2.89. The molecule has 0 aliphatic rings. The SMILES string of the molecule is CC/C=C\C/C=C\C/C=C\C/C=C\CCCCCCCCCCCCCCC(=O)OC(COC(=O)CCCCCCCCC)COC(=O)CCCCCCCCCCCCCCCCCCCCCCC/C=C\CCCCCCCCCC. The number of hydrogen-bond donors (Lipinski definition) is 0. The third-order valence-electron chi connectivity index (χ3n) is 16.5. The molecule has 6 nitrogen and oxygen atoms in total. The van der Waals surface area contributed by atoms with E-state index in [4.69, 9.17) is 14.2 Å². The molecule has 0 saturated carbocycles. The quantitative estimate of drug-likeness (QED) is 0.0261. The zero-order valence-electron chi connectivity index (χ0n) is 55.7. The van der Waals surface area contributed by atoms with Crippen molar-refractivity contribution in [2.45, 2.75) is 399 Å². The van der Waals surface area contributed by atoms with Crippen molar-refractivity contribution in [3.8, 4) is 0 Å². The minimum atomic E-state index is -0.772. The van der Waals surface area contributed by atoms with Crippen LogP contribution in [0.2, 0.25) is 0 Å². The van der Waals surface area contributed by atoms with Gasteiger partial charge in [0, 0.05) is 19.3 Å². The highest BCUT2D eigenvalue weighted by Gasteiger charge is 2.19. The maximum Gasteiger partial charge on any atom is 0.306 e. The summed E-state index contributed by atoms with van der Waals surface area (Å²) in [5.41, 5.74) is 0. The van der Waals surface area contributed by atoms with Gasteiger partial charge in [0.15, 0.2) is 6.10 Å². The molecule has 0 radical (unpaired) electrons. The van der Waals surface area contributed by atoms with Gasteiger partial charge < -0.3 is 14.2 Å². The molecule has 0 rings (SSSR count). The van der Waals surface area contributed by atoms with Gasteiger partial charge in [0.25, 0.3) is 0 Å². The molecule has 0 bridgehead atoms. The van der Waals surface area contributed by atoms with Crippen LogP contribution in [-0.4, -0.2) is 37.2 Å². The Morgan fingerprint density at radius 2 is 0.470 bits per heavy atom. The molecule has 0 fully saturated rings. The van der Waals surface area contributed by atoms with Crippen LogP contribution in [0.25, 0.3) is 0 Å². The van der Waals surface area contributed by atoms with Gasteiger partial charge in [0.1, 0.15) is 13.2 Å². The molecular weight excluding hydrogens is 1020 g/mol. The van der Waals surface area contributed by atoms with E-state index in [9.17, 15) is 14.4 Å². The Bertz CT molecular complexity index is 1470. The first-order valence-corrected chi connectivity index (χ1v) is 36.8. The van der Waals surface area contributed by atoms with E-state index < -0.39 is 6.10 Å². The Kier molecular flexibility index (Phi) is 69.1. The van der Waals surface area contributed by atoms with Crippen molar-refractivity contribution in [1.29, 1.82) is 0 Å². The molecule has 0 saturated heterocycles. The van der Waals surface area contributed by atoms with Crippen molar-refractivity contribution in [3.05, 3.63) is 60.8 Å². The van der Waals surface area contributed by atoms with Gasteiger partial charge in [-0.25, -0.2) is 0 Å². The zero-order valence-corrected chi connectivity index (χ0v) is 55.7. The van der Waals surface area contributed by atoms with E-state index >= 15 is 0 Å². The second-order valence-electron chi connectivity index (χ2n) is 24.8. The highest BCUT2D eigenvalue weighted by Crippen LogP contribution is 2.19. The van der Waals surface area contributed by atoms with Crippen LogP contribution in [0.4, 0.5) is 0 Å². The summed E-state index contributed by atoms with van der Waals surface area (Å²) < 4.78 is 16.9. The van der Waals surface area contributed by atoms with E-state index in [1.807, 2.05) is 0 Å². The molecule has 6 heteroatoms. The first kappa shape index (κ1) is 80.1. The average molecular weight is 1160 g/mol. The maximum atomic E-state index is 12.9. The van der Waals surface area contributed by atoms with Crippen LogP contribution in [0.3, 0.4) is 0 Å². The van der Waals surface area contributed by atoms with Gasteiger partial charge in [-0.3, -0.25) is 14.4 Å². The van der Waals surface area contributed by atoms with Crippen molar-refractivity contribution < 1.29 is 28.6 Å². The Morgan fingerprint density at radius 3 is 0.747 bits per heavy atom. The first-order valence-electron chi connectivity index (χ1n) is 36.8. The van der Waals surface area contributed by atoms with Gasteiger partial charge in [-0.1, -0.05) is 351 Å². The summed E-state index contributed by atoms with van der Waals surface area (Å²) in [5.74, 6) is -0.856. The number of carbonyl (C=O) groups is 3. The average Bonchev–Trinajstić information content (AvgIpc) is 3.50. The highest BCUT2D eigenvalue weighted by atomic mass is 16.6. The number of allylic oxidation sites excluding steroid dienone is 10. The number of hydrogen-bond acceptors (Lipinski definition) is 6. The molecule has 0 heterocycles. The summed E-state index contributed by atoms with van der Waals surface area (Å²) in [6, 6.07) is 0. The van der Waals surface area contributed by atoms with E-state index in [0.29, 0.717) is 19.3 Å². The van der Waals surface area contributed by atoms with Gasteiger partial charge in [0.2, 0.25) is 0 Å². The molecule has 1 unspecified atom stereocenters. The summed E-state index contributed by atoms with van der Waals surface area (Å²) in [7, 11) is 0. The summed E-state index contributed by atoms with van der Waals surface area (Å²) in [6.45, 7) is 6.54. The van der Waals surface area contributed by atoms with Gasteiger partial charge in [0.05, 0.1) is 0 Å². The lowest BCUT2D eigenvalue weighted by Crippen LogP contribution is -2.30. The number of esters is 3. The van der Waals surface area contributed by atoms with Crippen LogP contribution >= 0.6 is 0 Å². The zero-order chi connectivity index (χ0) is 59.9. The normalized spacial score (nSPS) is 12.4. The fraction of sp³-hybridized carbons (Fsp3) is 0.831. The van der Waals surface area contributed by atoms with E-state index in [0.717, 1.165) is 83.5 Å². The minimum Gasteiger partial charge on any atom is -0.462 e. The van der Waals surface area contributed by atoms with Crippen molar-refractivity contribution in [2.24, 2.45) is 0 Å².